The number of hydrogen-bond donors (Lipinski definition) is 0. The minimum atomic E-state index is -0.549. The van der Waals surface area contributed by atoms with E-state index in [2.05, 4.69) is 314 Å². The molecule has 1 nitrogen and oxygen atoms in total. The van der Waals surface area contributed by atoms with Gasteiger partial charge in [0.2, 0.25) is 0 Å². The van der Waals surface area contributed by atoms with Crippen molar-refractivity contribution in [1.82, 2.24) is 0 Å². The van der Waals surface area contributed by atoms with Crippen LogP contribution in [0, 0.1) is 0 Å². The average molecular weight is 1100 g/mol. The van der Waals surface area contributed by atoms with E-state index < -0.39 is 16.2 Å². The third-order valence-corrected chi connectivity index (χ3v) is 21.4. The van der Waals surface area contributed by atoms with Gasteiger partial charge < -0.3 is 4.90 Å². The summed E-state index contributed by atoms with van der Waals surface area (Å²) in [6.07, 6.45) is 0. The van der Waals surface area contributed by atoms with Gasteiger partial charge >= 0.3 is 0 Å². The lowest BCUT2D eigenvalue weighted by molar-refractivity contribution is 0.721. The molecule has 5 aliphatic rings. The van der Waals surface area contributed by atoms with E-state index in [-0.39, 0.29) is 0 Å². The van der Waals surface area contributed by atoms with Crippen LogP contribution >= 0.6 is 23.5 Å². The third-order valence-electron chi connectivity index (χ3n) is 19.1. The minimum absolute atomic E-state index is 0.520. The van der Waals surface area contributed by atoms with E-state index in [0.717, 1.165) is 22.6 Å². The smallest absolute Gasteiger partial charge is 0.0736 e. The van der Waals surface area contributed by atoms with Gasteiger partial charge in [-0.25, -0.2) is 0 Å². The quantitative estimate of drug-likeness (QED) is 0.163. The van der Waals surface area contributed by atoms with E-state index in [4.69, 9.17) is 0 Å². The predicted molar refractivity (Wildman–Crippen MR) is 347 cm³/mol. The first-order valence-electron chi connectivity index (χ1n) is 29.1. The lowest BCUT2D eigenvalue weighted by Gasteiger charge is -2.40. The molecular formula is C81H51NS2. The molecule has 0 aromatic heterocycles. The van der Waals surface area contributed by atoms with Crippen molar-refractivity contribution in [2.75, 3.05) is 4.90 Å². The van der Waals surface area contributed by atoms with Crippen LogP contribution in [0.4, 0.5) is 17.1 Å². The number of rotatable bonds is 6. The molecule has 3 aliphatic carbocycles. The molecule has 0 saturated carbocycles. The standard InChI is InChI=1S/C81H51NS2/c1-3-24-53(25-4-1)79(54-26-5-2-6-27-54)66-35-12-9-31-63(66)78-58(32-22-40-71(78)79)52-23-21-28-55(49-52)82(56-45-47-61-59-29-7-10-33-64(59)80(72(61)50-56)67-36-13-17-41-74(67)83-75-42-18-14-37-68(75)80)57-46-48-62-60-30-8-11-34-65(60)81(73(62)51-57)69-38-15-19-43-76(69)84-77-44-20-16-39-70(77)81/h1-51H. The van der Waals surface area contributed by atoms with Gasteiger partial charge in [0, 0.05) is 36.6 Å². The summed E-state index contributed by atoms with van der Waals surface area (Å²) in [5.41, 5.74) is 27.4. The number of benzene rings is 13. The highest BCUT2D eigenvalue weighted by atomic mass is 32.2. The lowest BCUT2D eigenvalue weighted by Crippen LogP contribution is -2.32. The zero-order valence-corrected chi connectivity index (χ0v) is 47.3. The van der Waals surface area contributed by atoms with Crippen molar-refractivity contribution in [3.63, 3.8) is 0 Å². The highest BCUT2D eigenvalue weighted by Crippen LogP contribution is 2.66. The number of fused-ring (bicyclic) bond motifs is 21. The van der Waals surface area contributed by atoms with Gasteiger partial charge in [-0.3, -0.25) is 0 Å². The maximum absolute atomic E-state index is 2.57. The molecule has 13 aromatic rings. The molecule has 0 atom stereocenters. The number of anilines is 3. The van der Waals surface area contributed by atoms with Crippen molar-refractivity contribution in [2.45, 2.75) is 35.8 Å². The Labute approximate surface area is 498 Å². The Kier molecular flexibility index (Phi) is 10.4. The topological polar surface area (TPSA) is 3.24 Å². The van der Waals surface area contributed by atoms with Gasteiger partial charge in [0.1, 0.15) is 0 Å². The van der Waals surface area contributed by atoms with Gasteiger partial charge in [-0.15, -0.1) is 0 Å². The highest BCUT2D eigenvalue weighted by molar-refractivity contribution is 7.99. The molecule has 13 aromatic carbocycles. The normalized spacial score (nSPS) is 14.9. The summed E-state index contributed by atoms with van der Waals surface area (Å²) in [5.74, 6) is 0. The van der Waals surface area contributed by atoms with E-state index >= 15 is 0 Å². The van der Waals surface area contributed by atoms with Crippen LogP contribution in [0.15, 0.2) is 329 Å². The van der Waals surface area contributed by atoms with E-state index in [1.807, 2.05) is 23.5 Å². The van der Waals surface area contributed by atoms with Gasteiger partial charge in [-0.1, -0.05) is 272 Å². The van der Waals surface area contributed by atoms with Crippen molar-refractivity contribution in [3.8, 4) is 44.5 Å². The summed E-state index contributed by atoms with van der Waals surface area (Å²) in [4.78, 5) is 7.75. The molecule has 0 unspecified atom stereocenters. The fraction of sp³-hybridized carbons (Fsp3) is 0.0370. The second kappa shape index (κ2) is 18.2. The van der Waals surface area contributed by atoms with Crippen LogP contribution in [0.25, 0.3) is 44.5 Å². The molecule has 0 amide bonds. The monoisotopic (exact) mass is 1100 g/mol. The molecule has 2 spiro atoms. The van der Waals surface area contributed by atoms with Gasteiger partial charge in [-0.05, 0) is 172 Å². The van der Waals surface area contributed by atoms with Crippen LogP contribution in [-0.4, -0.2) is 0 Å². The molecule has 84 heavy (non-hydrogen) atoms. The molecule has 392 valence electrons. The molecule has 0 radical (unpaired) electrons. The maximum Gasteiger partial charge on any atom is 0.0736 e. The molecule has 0 fully saturated rings. The first-order valence-corrected chi connectivity index (χ1v) is 30.8. The molecule has 0 bridgehead atoms. The summed E-state index contributed by atoms with van der Waals surface area (Å²) in [7, 11) is 0. The minimum Gasteiger partial charge on any atom is -0.310 e. The Hall–Kier alpha value is -9.64. The van der Waals surface area contributed by atoms with Crippen LogP contribution in [0.5, 0.6) is 0 Å². The predicted octanol–water partition coefficient (Wildman–Crippen LogP) is 20.8. The van der Waals surface area contributed by atoms with Gasteiger partial charge in [0.15, 0.2) is 0 Å². The van der Waals surface area contributed by atoms with Crippen molar-refractivity contribution in [3.05, 3.63) is 376 Å². The molecule has 18 rings (SSSR count). The van der Waals surface area contributed by atoms with Crippen molar-refractivity contribution in [2.24, 2.45) is 0 Å². The second-order valence-electron chi connectivity index (χ2n) is 22.9. The van der Waals surface area contributed by atoms with Crippen molar-refractivity contribution >= 4 is 40.6 Å². The van der Waals surface area contributed by atoms with Crippen LogP contribution in [0.3, 0.4) is 0 Å². The Bertz CT molecular complexity index is 4560. The summed E-state index contributed by atoms with van der Waals surface area (Å²) < 4.78 is 0. The Morgan fingerprint density at radius 3 is 1.04 bits per heavy atom. The van der Waals surface area contributed by atoms with E-state index in [9.17, 15) is 0 Å². The molecule has 0 saturated heterocycles. The Morgan fingerprint density at radius 2 is 0.560 bits per heavy atom. The fourth-order valence-corrected chi connectivity index (χ4v) is 18.3. The maximum atomic E-state index is 2.57. The average Bonchev–Trinajstić information content (AvgIpc) is 1.60. The van der Waals surface area contributed by atoms with Crippen LogP contribution in [0.2, 0.25) is 0 Å². The fourth-order valence-electron chi connectivity index (χ4n) is 16.0. The largest absolute Gasteiger partial charge is 0.310 e. The summed E-state index contributed by atoms with van der Waals surface area (Å²) >= 11 is 3.79. The third kappa shape index (κ3) is 6.33. The van der Waals surface area contributed by atoms with Gasteiger partial charge in [0.25, 0.3) is 0 Å². The van der Waals surface area contributed by atoms with Crippen LogP contribution < -0.4 is 4.90 Å². The van der Waals surface area contributed by atoms with Gasteiger partial charge in [0.05, 0.1) is 16.2 Å². The van der Waals surface area contributed by atoms with Crippen molar-refractivity contribution in [1.29, 1.82) is 0 Å². The summed E-state index contributed by atoms with van der Waals surface area (Å²) in [6, 6.07) is 117. The summed E-state index contributed by atoms with van der Waals surface area (Å²) in [5, 5.41) is 0. The molecule has 2 aliphatic heterocycles. The SMILES string of the molecule is c1ccc(C2(c3ccccc3)c3ccccc3-c3c(-c4cccc(N(c5ccc6c(c5)C5(c7ccccc7Sc7ccccc75)c5ccccc5-6)c5ccc6c(c5)C5(c7ccccc7Sc7ccccc75)c5ccccc5-6)c4)cccc32)cc1. The zero-order chi connectivity index (χ0) is 55.1. The van der Waals surface area contributed by atoms with E-state index in [0.29, 0.717) is 0 Å². The molecular weight excluding hydrogens is 1050 g/mol. The molecule has 3 heteroatoms. The van der Waals surface area contributed by atoms with Crippen molar-refractivity contribution < 1.29 is 0 Å². The number of nitrogens with zero attached hydrogens (tertiary/aromatic N) is 1. The van der Waals surface area contributed by atoms with Crippen LogP contribution in [-0.2, 0) is 16.2 Å². The Balaban J connectivity index is 0.906. The first kappa shape index (κ1) is 47.9. The van der Waals surface area contributed by atoms with E-state index in [1.165, 1.54) is 125 Å². The van der Waals surface area contributed by atoms with Crippen LogP contribution in [0.1, 0.15) is 66.8 Å². The Morgan fingerprint density at radius 1 is 0.214 bits per heavy atom. The first-order chi connectivity index (χ1) is 41.7. The summed E-state index contributed by atoms with van der Waals surface area (Å²) in [6.45, 7) is 0. The van der Waals surface area contributed by atoms with E-state index in [1.54, 1.807) is 0 Å². The molecule has 0 N–H and O–H groups in total. The zero-order valence-electron chi connectivity index (χ0n) is 45.7. The number of hydrogen-bond acceptors (Lipinski definition) is 3. The molecule has 2 heterocycles. The highest BCUT2D eigenvalue weighted by Gasteiger charge is 2.53. The lowest BCUT2D eigenvalue weighted by atomic mass is 9.67. The van der Waals surface area contributed by atoms with Gasteiger partial charge in [-0.2, -0.15) is 0 Å². The second-order valence-corrected chi connectivity index (χ2v) is 25.0.